The number of nitrogens with zero attached hydrogens (tertiary/aromatic N) is 3. The van der Waals surface area contributed by atoms with Crippen LogP contribution in [-0.4, -0.2) is 55.6 Å². The van der Waals surface area contributed by atoms with E-state index < -0.39 is 0 Å². The number of aryl methyl sites for hydroxylation is 1. The minimum atomic E-state index is -0.233. The third-order valence-electron chi connectivity index (χ3n) is 6.41. The van der Waals surface area contributed by atoms with E-state index in [0.717, 1.165) is 63.5 Å². The van der Waals surface area contributed by atoms with E-state index in [1.165, 1.54) is 36.2 Å². The second-order valence-corrected chi connectivity index (χ2v) is 8.80. The summed E-state index contributed by atoms with van der Waals surface area (Å²) in [5, 5.41) is 0. The Bertz CT molecular complexity index is 953. The molecule has 3 aromatic carbocycles. The molecule has 0 amide bonds. The van der Waals surface area contributed by atoms with Gasteiger partial charge in [-0.3, -0.25) is 4.90 Å². The smallest absolute Gasteiger partial charge is 0.123 e. The fourth-order valence-corrected chi connectivity index (χ4v) is 4.41. The lowest BCUT2D eigenvalue weighted by Crippen LogP contribution is -2.48. The number of benzene rings is 3. The van der Waals surface area contributed by atoms with Crippen molar-refractivity contribution in [1.82, 2.24) is 9.80 Å². The summed E-state index contributed by atoms with van der Waals surface area (Å²) in [6, 6.07) is 24.0. The topological polar surface area (TPSA) is 9.72 Å². The minimum Gasteiger partial charge on any atom is -0.366 e. The molecule has 0 saturated carbocycles. The Labute approximate surface area is 196 Å². The Balaban J connectivity index is 1.25. The first-order valence-electron chi connectivity index (χ1n) is 11.9. The van der Waals surface area contributed by atoms with Crippen molar-refractivity contribution in [3.63, 3.8) is 0 Å². The highest BCUT2D eigenvalue weighted by Crippen LogP contribution is 2.18. The quantitative estimate of drug-likeness (QED) is 0.420. The van der Waals surface area contributed by atoms with Crippen LogP contribution in [0.2, 0.25) is 0 Å². The molecule has 33 heavy (non-hydrogen) atoms. The molecule has 0 atom stereocenters. The van der Waals surface area contributed by atoms with E-state index in [-0.39, 0.29) is 11.6 Å². The van der Waals surface area contributed by atoms with E-state index in [0.29, 0.717) is 6.54 Å². The summed E-state index contributed by atoms with van der Waals surface area (Å²) in [4.78, 5) is 7.32. The number of anilines is 1. The zero-order chi connectivity index (χ0) is 22.9. The average Bonchev–Trinajstić information content (AvgIpc) is 2.85. The second kappa shape index (κ2) is 11.9. The zero-order valence-electron chi connectivity index (χ0n) is 19.2. The van der Waals surface area contributed by atoms with Gasteiger partial charge in [-0.05, 0) is 66.9 Å². The molecule has 0 N–H and O–H groups in total. The molecule has 0 bridgehead atoms. The predicted octanol–water partition coefficient (Wildman–Crippen LogP) is 5.22. The molecule has 0 radical (unpaired) electrons. The molecule has 0 unspecified atom stereocenters. The highest BCUT2D eigenvalue weighted by molar-refractivity contribution is 5.47. The van der Waals surface area contributed by atoms with Crippen molar-refractivity contribution in [1.29, 1.82) is 0 Å². The molecule has 0 aromatic heterocycles. The molecule has 174 valence electrons. The normalized spacial score (nSPS) is 15.0. The summed E-state index contributed by atoms with van der Waals surface area (Å²) in [7, 11) is 0. The van der Waals surface area contributed by atoms with Gasteiger partial charge in [-0.2, -0.15) is 0 Å². The first-order chi connectivity index (χ1) is 16.2. The second-order valence-electron chi connectivity index (χ2n) is 8.80. The third kappa shape index (κ3) is 7.37. The van der Waals surface area contributed by atoms with Crippen LogP contribution in [0, 0.1) is 11.6 Å². The summed E-state index contributed by atoms with van der Waals surface area (Å²) in [5.74, 6) is -0.461. The van der Waals surface area contributed by atoms with E-state index in [1.54, 1.807) is 0 Å². The van der Waals surface area contributed by atoms with E-state index in [4.69, 9.17) is 0 Å². The highest BCUT2D eigenvalue weighted by Gasteiger charge is 2.18. The molecule has 3 aromatic rings. The zero-order valence-corrected chi connectivity index (χ0v) is 19.2. The largest absolute Gasteiger partial charge is 0.366 e. The predicted molar refractivity (Wildman–Crippen MR) is 131 cm³/mol. The van der Waals surface area contributed by atoms with Gasteiger partial charge >= 0.3 is 0 Å². The number of piperazine rings is 1. The summed E-state index contributed by atoms with van der Waals surface area (Å²) in [6.45, 7) is 7.96. The minimum absolute atomic E-state index is 0.228. The maximum Gasteiger partial charge on any atom is 0.123 e. The third-order valence-corrected chi connectivity index (χ3v) is 6.41. The number of halogens is 2. The van der Waals surface area contributed by atoms with Gasteiger partial charge in [0.25, 0.3) is 0 Å². The number of rotatable bonds is 10. The average molecular weight is 450 g/mol. The van der Waals surface area contributed by atoms with Crippen LogP contribution in [0.3, 0.4) is 0 Å². The van der Waals surface area contributed by atoms with Gasteiger partial charge in [0, 0.05) is 51.5 Å². The van der Waals surface area contributed by atoms with Crippen molar-refractivity contribution in [2.24, 2.45) is 0 Å². The van der Waals surface area contributed by atoms with E-state index in [1.807, 2.05) is 24.3 Å². The van der Waals surface area contributed by atoms with Crippen molar-refractivity contribution in [2.75, 3.05) is 50.7 Å². The molecule has 1 aliphatic heterocycles. The highest BCUT2D eigenvalue weighted by atomic mass is 19.1. The first-order valence-corrected chi connectivity index (χ1v) is 11.9. The lowest BCUT2D eigenvalue weighted by Gasteiger charge is -2.36. The van der Waals surface area contributed by atoms with Gasteiger partial charge in [-0.1, -0.05) is 42.5 Å². The van der Waals surface area contributed by atoms with Crippen LogP contribution < -0.4 is 4.90 Å². The Morgan fingerprint density at radius 3 is 1.85 bits per heavy atom. The monoisotopic (exact) mass is 449 g/mol. The van der Waals surface area contributed by atoms with Gasteiger partial charge in [0.05, 0.1) is 0 Å². The van der Waals surface area contributed by atoms with E-state index >= 15 is 0 Å². The van der Waals surface area contributed by atoms with Gasteiger partial charge in [-0.15, -0.1) is 0 Å². The van der Waals surface area contributed by atoms with Crippen molar-refractivity contribution < 1.29 is 8.78 Å². The fraction of sp³-hybridized carbons (Fsp3) is 0.357. The Morgan fingerprint density at radius 2 is 1.21 bits per heavy atom. The van der Waals surface area contributed by atoms with Crippen LogP contribution in [-0.2, 0) is 13.0 Å². The first kappa shape index (κ1) is 23.4. The maximum absolute atomic E-state index is 13.4. The summed E-state index contributed by atoms with van der Waals surface area (Å²) < 4.78 is 26.8. The van der Waals surface area contributed by atoms with Gasteiger partial charge in [0.1, 0.15) is 11.6 Å². The Kier molecular flexibility index (Phi) is 8.45. The summed E-state index contributed by atoms with van der Waals surface area (Å²) in [6.07, 6.45) is 2.33. The summed E-state index contributed by atoms with van der Waals surface area (Å²) in [5.41, 5.74) is 3.45. The lowest BCUT2D eigenvalue weighted by atomic mass is 10.1. The Morgan fingerprint density at radius 1 is 0.636 bits per heavy atom. The molecule has 3 nitrogen and oxygen atoms in total. The molecular formula is C28H33F2N3. The van der Waals surface area contributed by atoms with Gasteiger partial charge in [0.2, 0.25) is 0 Å². The maximum atomic E-state index is 13.4. The molecule has 4 rings (SSSR count). The van der Waals surface area contributed by atoms with Crippen LogP contribution in [0.15, 0.2) is 78.9 Å². The molecular weight excluding hydrogens is 416 g/mol. The van der Waals surface area contributed by atoms with Crippen molar-refractivity contribution in [3.05, 3.63) is 102 Å². The van der Waals surface area contributed by atoms with E-state index in [2.05, 4.69) is 45.0 Å². The standard InChI is InChI=1S/C28H33F2N3/c29-26-10-8-25(9-11-26)23-33(28-14-12-27(30)13-15-28)22-21-32-19-17-31(18-20-32)16-4-7-24-5-2-1-3-6-24/h1-3,5-6,8-15H,4,7,16-23H2. The molecule has 1 aliphatic rings. The lowest BCUT2D eigenvalue weighted by molar-refractivity contribution is 0.133. The van der Waals surface area contributed by atoms with Gasteiger partial charge in [0.15, 0.2) is 0 Å². The molecule has 5 heteroatoms. The summed E-state index contributed by atoms with van der Waals surface area (Å²) >= 11 is 0. The van der Waals surface area contributed by atoms with Crippen molar-refractivity contribution >= 4 is 5.69 Å². The van der Waals surface area contributed by atoms with Crippen LogP contribution in [0.5, 0.6) is 0 Å². The molecule has 1 heterocycles. The van der Waals surface area contributed by atoms with Gasteiger partial charge < -0.3 is 9.80 Å². The number of hydrogen-bond acceptors (Lipinski definition) is 3. The molecule has 0 aliphatic carbocycles. The number of hydrogen-bond donors (Lipinski definition) is 0. The fourth-order valence-electron chi connectivity index (χ4n) is 4.41. The van der Waals surface area contributed by atoms with Crippen LogP contribution >= 0.6 is 0 Å². The molecule has 1 fully saturated rings. The van der Waals surface area contributed by atoms with Crippen LogP contribution in [0.25, 0.3) is 0 Å². The van der Waals surface area contributed by atoms with Crippen LogP contribution in [0.4, 0.5) is 14.5 Å². The van der Waals surface area contributed by atoms with Crippen molar-refractivity contribution in [2.45, 2.75) is 19.4 Å². The Hall–Kier alpha value is -2.76. The van der Waals surface area contributed by atoms with Gasteiger partial charge in [-0.25, -0.2) is 8.78 Å². The van der Waals surface area contributed by atoms with Crippen molar-refractivity contribution in [3.8, 4) is 0 Å². The van der Waals surface area contributed by atoms with Crippen LogP contribution in [0.1, 0.15) is 17.5 Å². The van der Waals surface area contributed by atoms with E-state index in [9.17, 15) is 8.78 Å². The molecule has 0 spiro atoms. The molecule has 1 saturated heterocycles. The SMILES string of the molecule is Fc1ccc(CN(CCN2CCN(CCCc3ccccc3)CC2)c2ccc(F)cc2)cc1.